The number of likely N-dealkylation sites (N-methyl/N-ethyl adjacent to an activating group) is 3. The molecule has 0 aliphatic carbocycles. The van der Waals surface area contributed by atoms with Gasteiger partial charge in [-0.05, 0) is 58.9 Å². The number of nitrogens with one attached hydrogen (secondary N) is 1. The second kappa shape index (κ2) is 10.7. The first-order valence-electron chi connectivity index (χ1n) is 15.1. The minimum Gasteiger partial charge on any atom is -0.394 e. The number of carbonyl (C=O) groups excluding carboxylic acids is 4. The Kier molecular flexibility index (Phi) is 7.14. The lowest BCUT2D eigenvalue weighted by atomic mass is 9.86. The number of carbonyl (C=O) groups is 4. The van der Waals surface area contributed by atoms with Crippen LogP contribution < -0.4 is 5.32 Å². The number of aliphatic hydroxyl groups excluding tert-OH is 2. The Labute approximate surface area is 285 Å². The minimum absolute atomic E-state index is 0.187. The predicted molar refractivity (Wildman–Crippen MR) is 184 cm³/mol. The van der Waals surface area contributed by atoms with E-state index in [4.69, 9.17) is 0 Å². The smallest absolute Gasteiger partial charge is 0.263 e. The highest BCUT2D eigenvalue weighted by Gasteiger charge is 2.66. The number of amides is 4. The van der Waals surface area contributed by atoms with Crippen molar-refractivity contribution in [3.63, 3.8) is 0 Å². The molecule has 9 rings (SSSR count). The maximum atomic E-state index is 14.3. The van der Waals surface area contributed by atoms with Gasteiger partial charge in [-0.1, -0.05) is 36.4 Å². The lowest BCUT2D eigenvalue weighted by molar-refractivity contribution is -0.164. The summed E-state index contributed by atoms with van der Waals surface area (Å²) in [6.07, 6.45) is 1.88. The molecule has 47 heavy (non-hydrogen) atoms. The minimum atomic E-state index is -1.42. The van der Waals surface area contributed by atoms with Crippen molar-refractivity contribution in [3.8, 4) is 0 Å². The van der Waals surface area contributed by atoms with Gasteiger partial charge in [0.05, 0.1) is 13.2 Å². The standard InChI is InChI=1S/C31H32N6O6S4/c1-33-23(15-38)25(41)37-22(24(33)40)13-29(19-9-5-6-10-20(19)32-26(29)37)36-14-17(18-8-4-7-11-21(18)36)12-30-27(42)35(3)31(16-39,28(43)34(30)2)45-47-46-44-30/h4-11,14,22-23,26,32,38-39H,12-13,15-16H2,1-3H3/t22-,23-,26+,29-,30-,31-/m0/s1. The highest BCUT2D eigenvalue weighted by molar-refractivity contribution is 9.26. The molecule has 16 heteroatoms. The first-order valence-corrected chi connectivity index (χ1v) is 19.9. The number of benzene rings is 2. The van der Waals surface area contributed by atoms with Gasteiger partial charge >= 0.3 is 0 Å². The lowest BCUT2D eigenvalue weighted by Crippen LogP contribution is -2.74. The Bertz CT molecular complexity index is 1880. The number of hydrogen-bond donors (Lipinski definition) is 3. The summed E-state index contributed by atoms with van der Waals surface area (Å²) in [6, 6.07) is 14.0. The number of piperazine rings is 2. The van der Waals surface area contributed by atoms with E-state index >= 15 is 0 Å². The zero-order valence-corrected chi connectivity index (χ0v) is 28.9. The molecule has 0 spiro atoms. The van der Waals surface area contributed by atoms with E-state index in [1.165, 1.54) is 55.9 Å². The molecule has 5 saturated heterocycles. The van der Waals surface area contributed by atoms with E-state index in [1.54, 1.807) is 26.0 Å². The topological polar surface area (TPSA) is 139 Å². The number of nitrogens with zero attached hydrogens (tertiary/aromatic N) is 5. The molecule has 2 aromatic carbocycles. The van der Waals surface area contributed by atoms with Crippen LogP contribution >= 0.6 is 41.2 Å². The Morgan fingerprint density at radius 2 is 1.53 bits per heavy atom. The number of hydrogen-bond acceptors (Lipinski definition) is 11. The molecule has 5 fully saturated rings. The van der Waals surface area contributed by atoms with Crippen LogP contribution in [-0.2, 0) is 31.1 Å². The van der Waals surface area contributed by atoms with Crippen LogP contribution in [0.15, 0.2) is 54.7 Å². The monoisotopic (exact) mass is 712 g/mol. The highest BCUT2D eigenvalue weighted by atomic mass is 33.7. The van der Waals surface area contributed by atoms with Crippen molar-refractivity contribution in [1.29, 1.82) is 0 Å². The van der Waals surface area contributed by atoms with Crippen LogP contribution in [0.5, 0.6) is 0 Å². The van der Waals surface area contributed by atoms with Gasteiger partial charge in [0.2, 0.25) is 16.7 Å². The van der Waals surface area contributed by atoms with Crippen molar-refractivity contribution in [2.24, 2.45) is 0 Å². The van der Waals surface area contributed by atoms with E-state index in [2.05, 4.69) is 9.88 Å². The van der Waals surface area contributed by atoms with E-state index in [1.807, 2.05) is 54.7 Å². The first-order chi connectivity index (χ1) is 22.6. The maximum Gasteiger partial charge on any atom is 0.263 e. The molecular weight excluding hydrogens is 681 g/mol. The molecule has 1 aromatic heterocycles. The molecule has 0 saturated carbocycles. The average Bonchev–Trinajstić information content (AvgIpc) is 3.72. The number of rotatable bonds is 5. The normalized spacial score (nSPS) is 33.3. The molecule has 0 radical (unpaired) electrons. The van der Waals surface area contributed by atoms with Crippen LogP contribution in [0.1, 0.15) is 17.5 Å². The van der Waals surface area contributed by atoms with Gasteiger partial charge in [0.1, 0.15) is 23.8 Å². The summed E-state index contributed by atoms with van der Waals surface area (Å²) in [4.78, 5) is 59.1. The summed E-state index contributed by atoms with van der Waals surface area (Å²) in [5.41, 5.74) is 2.58. The van der Waals surface area contributed by atoms with E-state index in [9.17, 15) is 29.4 Å². The van der Waals surface area contributed by atoms with Crippen molar-refractivity contribution in [2.75, 3.05) is 39.7 Å². The highest BCUT2D eigenvalue weighted by Crippen LogP contribution is 2.62. The van der Waals surface area contributed by atoms with E-state index < -0.39 is 46.7 Å². The van der Waals surface area contributed by atoms with Gasteiger partial charge in [-0.15, -0.1) is 0 Å². The summed E-state index contributed by atoms with van der Waals surface area (Å²) in [5, 5.41) is 24.9. The third kappa shape index (κ3) is 3.85. The summed E-state index contributed by atoms with van der Waals surface area (Å²) in [5.74, 6) is -1.15. The number of fused-ring (bicyclic) bond motifs is 11. The van der Waals surface area contributed by atoms with Crippen LogP contribution in [0.25, 0.3) is 10.9 Å². The first kappa shape index (κ1) is 31.3. The second-order valence-electron chi connectivity index (χ2n) is 12.6. The van der Waals surface area contributed by atoms with Gasteiger partial charge in [0.15, 0.2) is 4.87 Å². The molecule has 3 aromatic rings. The fourth-order valence-corrected chi connectivity index (χ4v) is 15.8. The van der Waals surface area contributed by atoms with Crippen LogP contribution in [0, 0.1) is 0 Å². The Morgan fingerprint density at radius 3 is 2.28 bits per heavy atom. The predicted octanol–water partition coefficient (Wildman–Crippen LogP) is 2.12. The summed E-state index contributed by atoms with van der Waals surface area (Å²) < 4.78 is 2.15. The largest absolute Gasteiger partial charge is 0.394 e. The molecule has 0 unspecified atom stereocenters. The van der Waals surface area contributed by atoms with Gasteiger partial charge < -0.3 is 39.7 Å². The van der Waals surface area contributed by atoms with Crippen molar-refractivity contribution in [1.82, 2.24) is 24.2 Å². The van der Waals surface area contributed by atoms with E-state index in [0.29, 0.717) is 6.42 Å². The summed E-state index contributed by atoms with van der Waals surface area (Å²) in [6.45, 7) is -0.983. The molecule has 4 amide bonds. The van der Waals surface area contributed by atoms with Crippen molar-refractivity contribution in [3.05, 3.63) is 65.9 Å². The third-order valence-electron chi connectivity index (χ3n) is 10.7. The van der Waals surface area contributed by atoms with Gasteiger partial charge in [0, 0.05) is 62.3 Å². The number of para-hydroxylation sites is 2. The fourth-order valence-electron chi connectivity index (χ4n) is 8.13. The summed E-state index contributed by atoms with van der Waals surface area (Å²) in [7, 11) is 10.1. The van der Waals surface area contributed by atoms with Crippen LogP contribution in [-0.4, -0.2) is 120 Å². The molecule has 2 bridgehead atoms. The van der Waals surface area contributed by atoms with Crippen LogP contribution in [0.4, 0.5) is 5.69 Å². The zero-order chi connectivity index (χ0) is 33.0. The molecule has 6 aliphatic heterocycles. The second-order valence-corrected chi connectivity index (χ2v) is 18.8. The Morgan fingerprint density at radius 1 is 0.872 bits per heavy atom. The maximum absolute atomic E-state index is 14.3. The quantitative estimate of drug-likeness (QED) is 0.336. The van der Waals surface area contributed by atoms with Gasteiger partial charge in [-0.25, -0.2) is 0 Å². The fraction of sp³-hybridized carbons (Fsp3) is 0.419. The molecule has 3 N–H and O–H groups in total. The molecule has 6 aliphatic rings. The van der Waals surface area contributed by atoms with Crippen molar-refractivity contribution in [2.45, 2.75) is 46.4 Å². The van der Waals surface area contributed by atoms with Gasteiger partial charge in [-0.2, -0.15) is 0 Å². The van der Waals surface area contributed by atoms with Crippen LogP contribution in [0.2, 0.25) is 0 Å². The number of aromatic nitrogens is 1. The number of anilines is 1. The SMILES string of the molecule is CN1C(=O)[C@@H]2C[C@]3(n4cc(C[C@@]56SSSS[C@@](CO)(C(=O)N5C)N(C)C6=O)c5ccccc54)c4ccccc4N[C@@H]3N2C(=O)[C@@H]1CO. The average molecular weight is 713 g/mol. The molecule has 6 atom stereocenters. The van der Waals surface area contributed by atoms with Gasteiger partial charge in [-0.3, -0.25) is 19.2 Å². The number of aliphatic hydroxyl groups is 2. The Hall–Kier alpha value is -3.02. The van der Waals surface area contributed by atoms with E-state index in [0.717, 1.165) is 27.7 Å². The van der Waals surface area contributed by atoms with E-state index in [-0.39, 0.29) is 30.0 Å². The molecule has 246 valence electrons. The van der Waals surface area contributed by atoms with Crippen LogP contribution in [0.3, 0.4) is 0 Å². The Balaban J connectivity index is 1.31. The van der Waals surface area contributed by atoms with Crippen molar-refractivity contribution < 1.29 is 29.4 Å². The third-order valence-corrected chi connectivity index (χ3v) is 18.0. The molecule has 12 nitrogen and oxygen atoms in total. The lowest BCUT2D eigenvalue weighted by Gasteiger charge is -2.54. The van der Waals surface area contributed by atoms with Gasteiger partial charge in [0.25, 0.3) is 11.8 Å². The zero-order valence-electron chi connectivity index (χ0n) is 25.7. The summed E-state index contributed by atoms with van der Waals surface area (Å²) >= 11 is 0. The van der Waals surface area contributed by atoms with Crippen molar-refractivity contribution >= 4 is 81.5 Å². The molecular formula is C31H32N6O6S4. The molecule has 7 heterocycles.